The van der Waals surface area contributed by atoms with Crippen LogP contribution in [0.3, 0.4) is 0 Å². The van der Waals surface area contributed by atoms with Crippen molar-refractivity contribution in [2.45, 2.75) is 13.8 Å². The summed E-state index contributed by atoms with van der Waals surface area (Å²) in [6, 6.07) is 0. The normalized spacial score (nSPS) is 10.1. The fraction of sp³-hybridized carbons (Fsp3) is 0.800. The smallest absolute Gasteiger partial charge is 0.0328 e. The Balaban J connectivity index is 3.16. The number of hydrogen-bond acceptors (Lipinski definition) is 2. The van der Waals surface area contributed by atoms with E-state index >= 15 is 0 Å². The lowest BCUT2D eigenvalue weighted by Crippen LogP contribution is -2.08. The van der Waals surface area contributed by atoms with Crippen molar-refractivity contribution >= 4 is 6.21 Å². The van der Waals surface area contributed by atoms with Gasteiger partial charge in [0.05, 0.1) is 0 Å². The van der Waals surface area contributed by atoms with Crippen molar-refractivity contribution in [1.29, 1.82) is 0 Å². The lowest BCUT2D eigenvalue weighted by atomic mass is 10.7. The number of hydrazone groups is 1. The van der Waals surface area contributed by atoms with Gasteiger partial charge in [0.15, 0.2) is 0 Å². The van der Waals surface area contributed by atoms with Crippen molar-refractivity contribution < 1.29 is 0 Å². The third-order valence-electron chi connectivity index (χ3n) is 0.770. The molecule has 0 saturated carbocycles. The fourth-order valence-corrected chi connectivity index (χ4v) is 0.279. The summed E-state index contributed by atoms with van der Waals surface area (Å²) in [7, 11) is 1.94. The van der Waals surface area contributed by atoms with E-state index in [2.05, 4.69) is 12.0 Å². The molecule has 7 heavy (non-hydrogen) atoms. The third kappa shape index (κ3) is 3.30. The summed E-state index contributed by atoms with van der Waals surface area (Å²) in [5.74, 6) is 0. The molecule has 0 unspecified atom stereocenters. The average molecular weight is 100 g/mol. The van der Waals surface area contributed by atoms with Crippen molar-refractivity contribution in [3.63, 3.8) is 0 Å². The molecule has 0 fully saturated rings. The van der Waals surface area contributed by atoms with Crippen LogP contribution < -0.4 is 0 Å². The van der Waals surface area contributed by atoms with Gasteiger partial charge in [-0.1, -0.05) is 0 Å². The minimum atomic E-state index is 0.977. The number of rotatable bonds is 2. The van der Waals surface area contributed by atoms with Crippen LogP contribution in [0.2, 0.25) is 0 Å². The summed E-state index contributed by atoms with van der Waals surface area (Å²) in [6.07, 6.45) is 1.78. The second-order valence-electron chi connectivity index (χ2n) is 1.35. The molecule has 0 aromatic heterocycles. The largest absolute Gasteiger partial charge is 0.301 e. The van der Waals surface area contributed by atoms with Crippen LogP contribution in [0.15, 0.2) is 5.10 Å². The Morgan fingerprint density at radius 3 is 2.43 bits per heavy atom. The Kier molecular flexibility index (Phi) is 3.38. The molecule has 0 rings (SSSR count). The van der Waals surface area contributed by atoms with Gasteiger partial charge in [0.1, 0.15) is 0 Å². The molecule has 42 valence electrons. The molecule has 0 N–H and O–H groups in total. The van der Waals surface area contributed by atoms with E-state index in [0.717, 1.165) is 6.54 Å². The van der Waals surface area contributed by atoms with Crippen molar-refractivity contribution in [1.82, 2.24) is 5.01 Å². The number of nitrogens with zero attached hydrogens (tertiary/aromatic N) is 2. The van der Waals surface area contributed by atoms with E-state index in [1.165, 1.54) is 0 Å². The molecular formula is C5H12N2. The van der Waals surface area contributed by atoms with Gasteiger partial charge >= 0.3 is 0 Å². The minimum Gasteiger partial charge on any atom is -0.301 e. The lowest BCUT2D eigenvalue weighted by Gasteiger charge is -2.05. The second kappa shape index (κ2) is 3.65. The molecule has 0 saturated heterocycles. The molecule has 0 aromatic rings. The monoisotopic (exact) mass is 100 g/mol. The van der Waals surface area contributed by atoms with Crippen molar-refractivity contribution in [2.24, 2.45) is 5.10 Å². The summed E-state index contributed by atoms with van der Waals surface area (Å²) < 4.78 is 0. The van der Waals surface area contributed by atoms with Crippen molar-refractivity contribution in [2.75, 3.05) is 13.6 Å². The molecular weight excluding hydrogens is 88.1 g/mol. The van der Waals surface area contributed by atoms with E-state index in [1.54, 1.807) is 6.21 Å². The molecule has 0 aliphatic heterocycles. The maximum atomic E-state index is 3.95. The average Bonchev–Trinajstić information content (AvgIpc) is 1.68. The van der Waals surface area contributed by atoms with Crippen LogP contribution in [0.4, 0.5) is 0 Å². The maximum Gasteiger partial charge on any atom is 0.0328 e. The first-order chi connectivity index (χ1) is 3.31. The van der Waals surface area contributed by atoms with Crippen molar-refractivity contribution in [3.05, 3.63) is 0 Å². The number of hydrogen-bond donors (Lipinski definition) is 0. The van der Waals surface area contributed by atoms with Crippen LogP contribution in [0.1, 0.15) is 13.8 Å². The first kappa shape index (κ1) is 6.47. The van der Waals surface area contributed by atoms with E-state index < -0.39 is 0 Å². The molecule has 0 bridgehead atoms. The van der Waals surface area contributed by atoms with Crippen LogP contribution in [0, 0.1) is 0 Å². The zero-order chi connectivity index (χ0) is 5.70. The van der Waals surface area contributed by atoms with Gasteiger partial charge in [-0.05, 0) is 13.8 Å². The molecule has 0 spiro atoms. The summed E-state index contributed by atoms with van der Waals surface area (Å²) in [5.41, 5.74) is 0. The summed E-state index contributed by atoms with van der Waals surface area (Å²) in [5, 5.41) is 5.83. The van der Waals surface area contributed by atoms with E-state index in [4.69, 9.17) is 0 Å². The van der Waals surface area contributed by atoms with Gasteiger partial charge in [0.25, 0.3) is 0 Å². The lowest BCUT2D eigenvalue weighted by molar-refractivity contribution is 0.377. The molecule has 0 radical (unpaired) electrons. The van der Waals surface area contributed by atoms with E-state index in [9.17, 15) is 0 Å². The SMILES string of the molecule is C/C=N\N(C)CC. The highest BCUT2D eigenvalue weighted by molar-refractivity contribution is 5.52. The standard InChI is InChI=1S/C5H12N2/c1-4-6-7(3)5-2/h4H,5H2,1-3H3/b6-4-. The highest BCUT2D eigenvalue weighted by Gasteiger charge is 1.77. The van der Waals surface area contributed by atoms with Crippen LogP contribution >= 0.6 is 0 Å². The predicted octanol–water partition coefficient (Wildman–Crippen LogP) is 0.944. The zero-order valence-electron chi connectivity index (χ0n) is 5.18. The predicted molar refractivity (Wildman–Crippen MR) is 32.5 cm³/mol. The molecule has 0 aliphatic carbocycles. The highest BCUT2D eigenvalue weighted by Crippen LogP contribution is 1.76. The Bertz CT molecular complexity index is 59.1. The van der Waals surface area contributed by atoms with Gasteiger partial charge in [-0.25, -0.2) is 0 Å². The molecule has 0 atom stereocenters. The zero-order valence-corrected chi connectivity index (χ0v) is 5.18. The Hall–Kier alpha value is -0.530. The highest BCUT2D eigenvalue weighted by atomic mass is 15.4. The van der Waals surface area contributed by atoms with Gasteiger partial charge < -0.3 is 5.01 Å². The van der Waals surface area contributed by atoms with E-state index in [0.29, 0.717) is 0 Å². The third-order valence-corrected chi connectivity index (χ3v) is 0.770. The van der Waals surface area contributed by atoms with Gasteiger partial charge in [-0.3, -0.25) is 0 Å². The van der Waals surface area contributed by atoms with Crippen LogP contribution in [-0.4, -0.2) is 24.8 Å². The van der Waals surface area contributed by atoms with Gasteiger partial charge in [-0.2, -0.15) is 5.10 Å². The quantitative estimate of drug-likeness (QED) is 0.372. The van der Waals surface area contributed by atoms with E-state index in [-0.39, 0.29) is 0 Å². The van der Waals surface area contributed by atoms with Crippen LogP contribution in [0.25, 0.3) is 0 Å². The van der Waals surface area contributed by atoms with Crippen LogP contribution in [0.5, 0.6) is 0 Å². The first-order valence-corrected chi connectivity index (χ1v) is 2.51. The molecule has 0 aliphatic rings. The Morgan fingerprint density at radius 2 is 2.29 bits per heavy atom. The van der Waals surface area contributed by atoms with Gasteiger partial charge in [-0.15, -0.1) is 0 Å². The molecule has 2 heteroatoms. The molecule has 0 amide bonds. The summed E-state index contributed by atoms with van der Waals surface area (Å²) in [6.45, 7) is 4.95. The second-order valence-corrected chi connectivity index (χ2v) is 1.35. The van der Waals surface area contributed by atoms with Gasteiger partial charge in [0.2, 0.25) is 0 Å². The Labute approximate surface area is 44.8 Å². The van der Waals surface area contributed by atoms with E-state index in [1.807, 2.05) is 19.0 Å². The minimum absolute atomic E-state index is 0.977. The first-order valence-electron chi connectivity index (χ1n) is 2.51. The molecule has 0 heterocycles. The Morgan fingerprint density at radius 1 is 1.71 bits per heavy atom. The maximum absolute atomic E-state index is 3.95. The fourth-order valence-electron chi connectivity index (χ4n) is 0.279. The molecule has 0 aromatic carbocycles. The molecule has 2 nitrogen and oxygen atoms in total. The summed E-state index contributed by atoms with van der Waals surface area (Å²) >= 11 is 0. The summed E-state index contributed by atoms with van der Waals surface area (Å²) in [4.78, 5) is 0. The van der Waals surface area contributed by atoms with Crippen molar-refractivity contribution in [3.8, 4) is 0 Å². The van der Waals surface area contributed by atoms with Crippen LogP contribution in [-0.2, 0) is 0 Å². The topological polar surface area (TPSA) is 15.6 Å². The van der Waals surface area contributed by atoms with Gasteiger partial charge in [0, 0.05) is 19.8 Å².